The first kappa shape index (κ1) is 20.6. The molecule has 5 nitrogen and oxygen atoms in total. The fourth-order valence-electron chi connectivity index (χ4n) is 2.59. The summed E-state index contributed by atoms with van der Waals surface area (Å²) in [6.45, 7) is 4.80. The molecule has 0 atom stereocenters. The second-order valence-corrected chi connectivity index (χ2v) is 5.82. The van der Waals surface area contributed by atoms with Gasteiger partial charge in [0.15, 0.2) is 29.3 Å². The van der Waals surface area contributed by atoms with Crippen LogP contribution in [-0.4, -0.2) is 33.7 Å². The standard InChI is InChI=1S/C21H23ClO5/c1-5-26-18-10-8-15(12-20(18)27-6-2)21(22)16(13-23)14-7-9-17(24-3)19(11-14)25-4/h7-13H,5-6H2,1-4H3/b21-16-. The number of carbonyl (C=O) groups is 1. The lowest BCUT2D eigenvalue weighted by Crippen LogP contribution is -1.99. The zero-order valence-electron chi connectivity index (χ0n) is 15.9. The highest BCUT2D eigenvalue weighted by atomic mass is 35.5. The number of rotatable bonds is 9. The van der Waals surface area contributed by atoms with Crippen LogP contribution in [0.1, 0.15) is 25.0 Å². The highest BCUT2D eigenvalue weighted by Crippen LogP contribution is 2.37. The van der Waals surface area contributed by atoms with Crippen molar-refractivity contribution in [3.05, 3.63) is 47.5 Å². The largest absolute Gasteiger partial charge is 0.493 e. The summed E-state index contributed by atoms with van der Waals surface area (Å²) in [4.78, 5) is 11.8. The van der Waals surface area contributed by atoms with E-state index >= 15 is 0 Å². The normalized spacial score (nSPS) is 11.4. The molecule has 0 aromatic heterocycles. The van der Waals surface area contributed by atoms with Crippen molar-refractivity contribution in [2.45, 2.75) is 13.8 Å². The van der Waals surface area contributed by atoms with Gasteiger partial charge in [-0.2, -0.15) is 0 Å². The van der Waals surface area contributed by atoms with E-state index < -0.39 is 0 Å². The molecule has 2 aromatic carbocycles. The maximum atomic E-state index is 11.8. The Morgan fingerprint density at radius 3 is 2.00 bits per heavy atom. The molecule has 0 aliphatic heterocycles. The SMILES string of the molecule is CCOc1ccc(/C(Cl)=C(\C=O)c2ccc(OC)c(OC)c2)cc1OCC. The van der Waals surface area contributed by atoms with E-state index in [1.165, 1.54) is 7.11 Å². The Kier molecular flexibility index (Phi) is 7.55. The van der Waals surface area contributed by atoms with Crippen molar-refractivity contribution in [1.82, 2.24) is 0 Å². The Morgan fingerprint density at radius 1 is 0.852 bits per heavy atom. The van der Waals surface area contributed by atoms with Crippen LogP contribution in [0.5, 0.6) is 23.0 Å². The third-order valence-electron chi connectivity index (χ3n) is 3.85. The van der Waals surface area contributed by atoms with Gasteiger partial charge in [-0.15, -0.1) is 0 Å². The molecule has 0 saturated heterocycles. The molecule has 0 amide bonds. The molecular formula is C21H23ClO5. The zero-order chi connectivity index (χ0) is 19.8. The van der Waals surface area contributed by atoms with Gasteiger partial charge in [0, 0.05) is 5.57 Å². The van der Waals surface area contributed by atoms with E-state index in [9.17, 15) is 4.79 Å². The number of ether oxygens (including phenoxy) is 4. The van der Waals surface area contributed by atoms with Gasteiger partial charge in [-0.3, -0.25) is 4.79 Å². The molecule has 27 heavy (non-hydrogen) atoms. The molecule has 2 aromatic rings. The molecule has 0 saturated carbocycles. The lowest BCUT2D eigenvalue weighted by molar-refractivity contribution is -0.103. The summed E-state index contributed by atoms with van der Waals surface area (Å²) in [5.74, 6) is 2.29. The molecule has 0 N–H and O–H groups in total. The molecule has 0 fully saturated rings. The molecule has 2 rings (SSSR count). The van der Waals surface area contributed by atoms with Crippen molar-refractivity contribution >= 4 is 28.5 Å². The van der Waals surface area contributed by atoms with Crippen LogP contribution in [0.2, 0.25) is 0 Å². The lowest BCUT2D eigenvalue weighted by Gasteiger charge is -2.14. The summed E-state index contributed by atoms with van der Waals surface area (Å²) in [7, 11) is 3.09. The quantitative estimate of drug-likeness (QED) is 0.349. The van der Waals surface area contributed by atoms with Crippen LogP contribution in [0.4, 0.5) is 0 Å². The van der Waals surface area contributed by atoms with Gasteiger partial charge in [0.1, 0.15) is 0 Å². The Labute approximate surface area is 164 Å². The van der Waals surface area contributed by atoms with Crippen molar-refractivity contribution in [2.24, 2.45) is 0 Å². The summed E-state index contributed by atoms with van der Waals surface area (Å²) < 4.78 is 21.7. The molecule has 0 radical (unpaired) electrons. The van der Waals surface area contributed by atoms with E-state index in [4.69, 9.17) is 30.5 Å². The Morgan fingerprint density at radius 2 is 1.41 bits per heavy atom. The molecule has 0 aliphatic carbocycles. The third kappa shape index (κ3) is 4.74. The summed E-state index contributed by atoms with van der Waals surface area (Å²) in [5.41, 5.74) is 1.61. The van der Waals surface area contributed by atoms with Crippen molar-refractivity contribution in [2.75, 3.05) is 27.4 Å². The Hall–Kier alpha value is -2.66. The second-order valence-electron chi connectivity index (χ2n) is 5.44. The van der Waals surface area contributed by atoms with Crippen LogP contribution >= 0.6 is 11.6 Å². The molecule has 0 bridgehead atoms. The van der Waals surface area contributed by atoms with Gasteiger partial charge in [-0.05, 0) is 55.3 Å². The topological polar surface area (TPSA) is 54.0 Å². The number of benzene rings is 2. The van der Waals surface area contributed by atoms with Crippen molar-refractivity contribution in [1.29, 1.82) is 0 Å². The smallest absolute Gasteiger partial charge is 0.161 e. The van der Waals surface area contributed by atoms with Gasteiger partial charge in [0.25, 0.3) is 0 Å². The van der Waals surface area contributed by atoms with Gasteiger partial charge in [0.2, 0.25) is 0 Å². The van der Waals surface area contributed by atoms with Crippen molar-refractivity contribution in [3.8, 4) is 23.0 Å². The predicted octanol–water partition coefficient (Wildman–Crippen LogP) is 4.81. The first-order chi connectivity index (χ1) is 13.1. The van der Waals surface area contributed by atoms with Gasteiger partial charge in [0.05, 0.1) is 32.5 Å². The number of halogens is 1. The van der Waals surface area contributed by atoms with E-state index in [0.29, 0.717) is 57.9 Å². The van der Waals surface area contributed by atoms with Crippen molar-refractivity contribution in [3.63, 3.8) is 0 Å². The molecule has 0 unspecified atom stereocenters. The number of carbonyl (C=O) groups excluding carboxylic acids is 1. The first-order valence-electron chi connectivity index (χ1n) is 8.56. The Bertz CT molecular complexity index is 829. The Balaban J connectivity index is 2.53. The van der Waals surface area contributed by atoms with E-state index in [-0.39, 0.29) is 0 Å². The van der Waals surface area contributed by atoms with Gasteiger partial charge < -0.3 is 18.9 Å². The van der Waals surface area contributed by atoms with E-state index in [1.54, 1.807) is 43.5 Å². The van der Waals surface area contributed by atoms with Crippen LogP contribution in [0, 0.1) is 0 Å². The maximum absolute atomic E-state index is 11.8. The third-order valence-corrected chi connectivity index (χ3v) is 4.27. The van der Waals surface area contributed by atoms with E-state index in [2.05, 4.69) is 0 Å². The van der Waals surface area contributed by atoms with Gasteiger partial charge in [-0.25, -0.2) is 0 Å². The monoisotopic (exact) mass is 390 g/mol. The summed E-state index contributed by atoms with van der Waals surface area (Å²) in [5, 5.41) is 0.307. The van der Waals surface area contributed by atoms with Crippen LogP contribution in [0.15, 0.2) is 36.4 Å². The molecule has 0 heterocycles. The van der Waals surface area contributed by atoms with Crippen LogP contribution in [-0.2, 0) is 4.79 Å². The minimum atomic E-state index is 0.307. The van der Waals surface area contributed by atoms with Gasteiger partial charge >= 0.3 is 0 Å². The fourth-order valence-corrected chi connectivity index (χ4v) is 2.86. The summed E-state index contributed by atoms with van der Waals surface area (Å²) in [6.07, 6.45) is 0.723. The second kappa shape index (κ2) is 9.88. The van der Waals surface area contributed by atoms with Crippen molar-refractivity contribution < 1.29 is 23.7 Å². The first-order valence-corrected chi connectivity index (χ1v) is 8.94. The van der Waals surface area contributed by atoms with Crippen LogP contribution < -0.4 is 18.9 Å². The molecule has 6 heteroatoms. The lowest BCUT2D eigenvalue weighted by atomic mass is 10.0. The number of allylic oxidation sites excluding steroid dienone is 1. The number of methoxy groups -OCH3 is 2. The summed E-state index contributed by atoms with van der Waals surface area (Å²) >= 11 is 6.56. The fraction of sp³-hybridized carbons (Fsp3) is 0.286. The zero-order valence-corrected chi connectivity index (χ0v) is 16.6. The van der Waals surface area contributed by atoms with E-state index in [0.717, 1.165) is 6.29 Å². The highest BCUT2D eigenvalue weighted by molar-refractivity contribution is 6.55. The van der Waals surface area contributed by atoms with E-state index in [1.807, 2.05) is 13.8 Å². The minimum Gasteiger partial charge on any atom is -0.493 e. The molecule has 0 spiro atoms. The highest BCUT2D eigenvalue weighted by Gasteiger charge is 2.15. The predicted molar refractivity (Wildman–Crippen MR) is 107 cm³/mol. The number of hydrogen-bond donors (Lipinski definition) is 0. The molecule has 144 valence electrons. The van der Waals surface area contributed by atoms with Crippen LogP contribution in [0.3, 0.4) is 0 Å². The average Bonchev–Trinajstić information content (AvgIpc) is 2.69. The molecular weight excluding hydrogens is 368 g/mol. The average molecular weight is 391 g/mol. The summed E-state index contributed by atoms with van der Waals surface area (Å²) in [6, 6.07) is 10.5. The molecule has 0 aliphatic rings. The number of hydrogen-bond acceptors (Lipinski definition) is 5. The minimum absolute atomic E-state index is 0.307. The maximum Gasteiger partial charge on any atom is 0.161 e. The van der Waals surface area contributed by atoms with Gasteiger partial charge in [-0.1, -0.05) is 17.7 Å². The van der Waals surface area contributed by atoms with Crippen LogP contribution in [0.25, 0.3) is 10.6 Å². The number of aldehydes is 1.